The van der Waals surface area contributed by atoms with Gasteiger partial charge >= 0.3 is 0 Å². The van der Waals surface area contributed by atoms with Gasteiger partial charge in [-0.3, -0.25) is 4.79 Å². The first kappa shape index (κ1) is 11.4. The molecular weight excluding hydrogens is 214 g/mol. The minimum absolute atomic E-state index is 0.249. The smallest absolute Gasteiger partial charge is 0.163 e. The number of rotatable bonds is 4. The van der Waals surface area contributed by atoms with Crippen molar-refractivity contribution < 1.29 is 4.79 Å². The minimum Gasteiger partial charge on any atom is -0.294 e. The van der Waals surface area contributed by atoms with Crippen LogP contribution < -0.4 is 0 Å². The van der Waals surface area contributed by atoms with Crippen LogP contribution >= 0.6 is 0 Å². The molecule has 4 nitrogen and oxygen atoms in total. The van der Waals surface area contributed by atoms with Crippen LogP contribution in [0.15, 0.2) is 29.4 Å². The Morgan fingerprint density at radius 3 is 3.12 bits per heavy atom. The van der Waals surface area contributed by atoms with E-state index in [0.717, 1.165) is 29.5 Å². The number of fused-ring (bicyclic) bond motifs is 1. The molecule has 0 fully saturated rings. The average molecular weight is 227 g/mol. The molecule has 2 rings (SSSR count). The lowest BCUT2D eigenvalue weighted by atomic mass is 10.1. The molecule has 1 aromatic carbocycles. The molecule has 1 aliphatic carbocycles. The molecular formula is C13H13N3O. The molecule has 0 aliphatic heterocycles. The van der Waals surface area contributed by atoms with Crippen LogP contribution in [0.3, 0.4) is 0 Å². The number of azide groups is 1. The van der Waals surface area contributed by atoms with Crippen LogP contribution in [0.1, 0.15) is 34.3 Å². The summed E-state index contributed by atoms with van der Waals surface area (Å²) in [5.41, 5.74) is 11.2. The van der Waals surface area contributed by atoms with Gasteiger partial charge in [0.15, 0.2) is 5.78 Å². The van der Waals surface area contributed by atoms with Crippen molar-refractivity contribution >= 4 is 11.9 Å². The second-order valence-electron chi connectivity index (χ2n) is 3.99. The summed E-state index contributed by atoms with van der Waals surface area (Å²) in [5.74, 6) is 0.249. The molecule has 0 saturated heterocycles. The van der Waals surface area contributed by atoms with E-state index in [4.69, 9.17) is 5.53 Å². The first-order valence-electron chi connectivity index (χ1n) is 5.65. The molecule has 0 bridgehead atoms. The third kappa shape index (κ3) is 2.74. The number of Topliss-reactive ketones (excluding diaryl/α,β-unsaturated/α-hetero) is 1. The van der Waals surface area contributed by atoms with Crippen LogP contribution in [0.25, 0.3) is 16.5 Å². The van der Waals surface area contributed by atoms with E-state index in [1.54, 1.807) is 0 Å². The van der Waals surface area contributed by atoms with Gasteiger partial charge in [0.05, 0.1) is 0 Å². The summed E-state index contributed by atoms with van der Waals surface area (Å²) >= 11 is 0. The highest BCUT2D eigenvalue weighted by atomic mass is 16.1. The summed E-state index contributed by atoms with van der Waals surface area (Å²) in [5, 5.41) is 3.46. The predicted molar refractivity (Wildman–Crippen MR) is 66.8 cm³/mol. The molecule has 4 heteroatoms. The van der Waals surface area contributed by atoms with Crippen LogP contribution in [-0.4, -0.2) is 12.3 Å². The van der Waals surface area contributed by atoms with Crippen molar-refractivity contribution in [1.82, 2.24) is 0 Å². The molecule has 0 radical (unpaired) electrons. The van der Waals surface area contributed by atoms with Gasteiger partial charge in [-0.15, -0.1) is 0 Å². The number of hydrogen-bond donors (Lipinski definition) is 0. The number of carbonyl (C=O) groups is 1. The highest BCUT2D eigenvalue weighted by Crippen LogP contribution is 2.23. The number of ketones is 1. The predicted octanol–water partition coefficient (Wildman–Crippen LogP) is 3.53. The quantitative estimate of drug-likeness (QED) is 0.336. The van der Waals surface area contributed by atoms with Gasteiger partial charge in [0, 0.05) is 23.4 Å². The fourth-order valence-corrected chi connectivity index (χ4v) is 1.98. The van der Waals surface area contributed by atoms with Gasteiger partial charge in [0.2, 0.25) is 0 Å². The first-order chi connectivity index (χ1) is 8.31. The first-order valence-corrected chi connectivity index (χ1v) is 5.65. The topological polar surface area (TPSA) is 65.8 Å². The fraction of sp³-hybridized carbons (Fsp3) is 0.308. The van der Waals surface area contributed by atoms with Gasteiger partial charge in [-0.2, -0.15) is 0 Å². The molecule has 0 spiro atoms. The maximum absolute atomic E-state index is 11.4. The second kappa shape index (κ2) is 5.32. The Balaban J connectivity index is 2.03. The van der Waals surface area contributed by atoms with Crippen molar-refractivity contribution in [3.05, 3.63) is 51.4 Å². The highest BCUT2D eigenvalue weighted by Gasteiger charge is 2.18. The van der Waals surface area contributed by atoms with E-state index in [-0.39, 0.29) is 5.78 Å². The van der Waals surface area contributed by atoms with E-state index in [1.807, 2.05) is 24.3 Å². The van der Waals surface area contributed by atoms with Crippen molar-refractivity contribution in [3.63, 3.8) is 0 Å². The Hall–Kier alpha value is -2.06. The van der Waals surface area contributed by atoms with Crippen molar-refractivity contribution in [3.8, 4) is 0 Å². The molecule has 0 unspecified atom stereocenters. The van der Waals surface area contributed by atoms with Gasteiger partial charge in [-0.25, -0.2) is 0 Å². The zero-order chi connectivity index (χ0) is 12.1. The molecule has 0 heterocycles. The second-order valence-corrected chi connectivity index (χ2v) is 3.99. The molecule has 0 saturated carbocycles. The number of aryl methyl sites for hydroxylation is 1. The van der Waals surface area contributed by atoms with E-state index in [9.17, 15) is 4.79 Å². The maximum Gasteiger partial charge on any atom is 0.163 e. The van der Waals surface area contributed by atoms with E-state index in [2.05, 4.69) is 16.1 Å². The maximum atomic E-state index is 11.4. The van der Waals surface area contributed by atoms with Crippen LogP contribution in [0.2, 0.25) is 0 Å². The van der Waals surface area contributed by atoms with Crippen LogP contribution in [-0.2, 0) is 6.42 Å². The summed E-state index contributed by atoms with van der Waals surface area (Å²) in [4.78, 5) is 14.1. The molecule has 0 amide bonds. The zero-order valence-corrected chi connectivity index (χ0v) is 9.47. The fourth-order valence-electron chi connectivity index (χ4n) is 1.98. The Morgan fingerprint density at radius 2 is 2.29 bits per heavy atom. The number of benzene rings is 1. The van der Waals surface area contributed by atoms with Gasteiger partial charge in [-0.05, 0) is 29.5 Å². The van der Waals surface area contributed by atoms with Crippen molar-refractivity contribution in [2.45, 2.75) is 19.3 Å². The van der Waals surface area contributed by atoms with Crippen molar-refractivity contribution in [2.24, 2.45) is 5.11 Å². The van der Waals surface area contributed by atoms with Crippen LogP contribution in [0.4, 0.5) is 0 Å². The van der Waals surface area contributed by atoms with Crippen LogP contribution in [0, 0.1) is 0 Å². The molecule has 1 aromatic rings. The Labute approximate surface area is 99.6 Å². The Morgan fingerprint density at radius 1 is 1.41 bits per heavy atom. The number of hydrogen-bond acceptors (Lipinski definition) is 2. The SMILES string of the molecule is [N-]=[N+]=NCCC=Cc1ccc2c(c1)CCC2=O. The summed E-state index contributed by atoms with van der Waals surface area (Å²) in [6.07, 6.45) is 6.21. The molecule has 17 heavy (non-hydrogen) atoms. The molecule has 0 N–H and O–H groups in total. The summed E-state index contributed by atoms with van der Waals surface area (Å²) in [6.45, 7) is 0.483. The summed E-state index contributed by atoms with van der Waals surface area (Å²) < 4.78 is 0. The molecule has 0 aromatic heterocycles. The van der Waals surface area contributed by atoms with Gasteiger partial charge in [0.25, 0.3) is 0 Å². The number of nitrogens with zero attached hydrogens (tertiary/aromatic N) is 3. The average Bonchev–Trinajstić information content (AvgIpc) is 2.71. The van der Waals surface area contributed by atoms with Gasteiger partial charge in [0.1, 0.15) is 0 Å². The molecule has 1 aliphatic rings. The van der Waals surface area contributed by atoms with Gasteiger partial charge in [-0.1, -0.05) is 35.5 Å². The molecule has 0 atom stereocenters. The standard InChI is InChI=1S/C13H13N3O/c14-16-15-8-2-1-3-10-4-6-12-11(9-10)5-7-13(12)17/h1,3-4,6,9H,2,5,7-8H2. The van der Waals surface area contributed by atoms with E-state index < -0.39 is 0 Å². The molecule has 86 valence electrons. The minimum atomic E-state index is 0.249. The van der Waals surface area contributed by atoms with Crippen molar-refractivity contribution in [1.29, 1.82) is 0 Å². The summed E-state index contributed by atoms with van der Waals surface area (Å²) in [6, 6.07) is 5.91. The Kier molecular flexibility index (Phi) is 3.58. The number of carbonyl (C=O) groups excluding carboxylic acids is 1. The summed E-state index contributed by atoms with van der Waals surface area (Å²) in [7, 11) is 0. The largest absolute Gasteiger partial charge is 0.294 e. The normalized spacial score (nSPS) is 13.8. The lowest BCUT2D eigenvalue weighted by Crippen LogP contribution is -1.90. The third-order valence-electron chi connectivity index (χ3n) is 2.82. The van der Waals surface area contributed by atoms with E-state index in [1.165, 1.54) is 0 Å². The zero-order valence-electron chi connectivity index (χ0n) is 9.47. The monoisotopic (exact) mass is 227 g/mol. The Bertz CT molecular complexity index is 513. The third-order valence-corrected chi connectivity index (χ3v) is 2.82. The van der Waals surface area contributed by atoms with E-state index in [0.29, 0.717) is 13.0 Å². The van der Waals surface area contributed by atoms with Gasteiger partial charge < -0.3 is 0 Å². The van der Waals surface area contributed by atoms with Crippen LogP contribution in [0.5, 0.6) is 0 Å². The lowest BCUT2D eigenvalue weighted by Gasteiger charge is -1.99. The van der Waals surface area contributed by atoms with E-state index >= 15 is 0 Å². The highest BCUT2D eigenvalue weighted by molar-refractivity contribution is 6.00. The lowest BCUT2D eigenvalue weighted by molar-refractivity contribution is 0.0994. The van der Waals surface area contributed by atoms with Crippen molar-refractivity contribution in [2.75, 3.05) is 6.54 Å².